The highest BCUT2D eigenvalue weighted by Gasteiger charge is 2.03. The van der Waals surface area contributed by atoms with Gasteiger partial charge < -0.3 is 10.6 Å². The molecule has 0 atom stereocenters. The van der Waals surface area contributed by atoms with Crippen molar-refractivity contribution in [2.24, 2.45) is 0 Å². The molecule has 0 aromatic carbocycles. The van der Waals surface area contributed by atoms with Crippen molar-refractivity contribution in [3.05, 3.63) is 16.1 Å². The number of carbonyl (C=O) groups is 1. The number of aromatic nitrogens is 1. The number of rotatable bonds is 6. The van der Waals surface area contributed by atoms with E-state index in [1.165, 1.54) is 0 Å². The summed E-state index contributed by atoms with van der Waals surface area (Å²) in [5.41, 5.74) is 1.01. The molecule has 90 valence electrons. The molecule has 0 aliphatic rings. The molecule has 5 heteroatoms. The summed E-state index contributed by atoms with van der Waals surface area (Å²) in [6, 6.07) is 0.195. The summed E-state index contributed by atoms with van der Waals surface area (Å²) in [6.07, 6.45) is 0.971. The van der Waals surface area contributed by atoms with Crippen molar-refractivity contribution >= 4 is 17.2 Å². The minimum atomic E-state index is 0.0287. The Morgan fingerprint density at radius 2 is 2.31 bits per heavy atom. The standard InChI is InChI=1S/C11H19N3OS/c1-4-11-14-9(7-16-11)5-12-6-10(15)13-8(2)3/h7-8,12H,4-6H2,1-3H3,(H,13,15). The van der Waals surface area contributed by atoms with Crippen LogP contribution < -0.4 is 10.6 Å². The average Bonchev–Trinajstić information content (AvgIpc) is 2.64. The number of hydrogen-bond donors (Lipinski definition) is 2. The van der Waals surface area contributed by atoms with E-state index in [1.807, 2.05) is 19.2 Å². The first-order chi connectivity index (χ1) is 7.61. The van der Waals surface area contributed by atoms with Crippen LogP contribution in [0.25, 0.3) is 0 Å². The molecular formula is C11H19N3OS. The normalized spacial score (nSPS) is 10.8. The lowest BCUT2D eigenvalue weighted by atomic mass is 10.4. The van der Waals surface area contributed by atoms with Gasteiger partial charge >= 0.3 is 0 Å². The summed E-state index contributed by atoms with van der Waals surface area (Å²) in [5.74, 6) is 0.0287. The second kappa shape index (κ2) is 6.60. The molecule has 0 saturated heterocycles. The fraction of sp³-hybridized carbons (Fsp3) is 0.636. The SMILES string of the molecule is CCc1nc(CNCC(=O)NC(C)C)cs1. The Kier molecular flexibility index (Phi) is 5.42. The van der Waals surface area contributed by atoms with E-state index in [9.17, 15) is 4.79 Å². The summed E-state index contributed by atoms with van der Waals surface area (Å²) >= 11 is 1.67. The van der Waals surface area contributed by atoms with Crippen LogP contribution in [0.1, 0.15) is 31.5 Å². The van der Waals surface area contributed by atoms with Gasteiger partial charge in [0.05, 0.1) is 17.2 Å². The van der Waals surface area contributed by atoms with Gasteiger partial charge in [-0.05, 0) is 20.3 Å². The number of nitrogens with zero attached hydrogens (tertiary/aromatic N) is 1. The van der Waals surface area contributed by atoms with Crippen LogP contribution >= 0.6 is 11.3 Å². The van der Waals surface area contributed by atoms with Crippen LogP contribution in [0.15, 0.2) is 5.38 Å². The molecule has 0 radical (unpaired) electrons. The first-order valence-corrected chi connectivity index (χ1v) is 6.43. The number of amides is 1. The molecule has 2 N–H and O–H groups in total. The van der Waals surface area contributed by atoms with Crippen LogP contribution in [-0.2, 0) is 17.8 Å². The van der Waals surface area contributed by atoms with Crippen LogP contribution in [0.3, 0.4) is 0 Å². The Labute approximate surface area is 100 Å². The van der Waals surface area contributed by atoms with Gasteiger partial charge in [-0.25, -0.2) is 4.98 Å². The van der Waals surface area contributed by atoms with E-state index < -0.39 is 0 Å². The van der Waals surface area contributed by atoms with Crippen LogP contribution in [0, 0.1) is 0 Å². The average molecular weight is 241 g/mol. The van der Waals surface area contributed by atoms with Gasteiger partial charge in [0.1, 0.15) is 0 Å². The van der Waals surface area contributed by atoms with Crippen LogP contribution in [0.5, 0.6) is 0 Å². The zero-order valence-corrected chi connectivity index (χ0v) is 10.9. The fourth-order valence-corrected chi connectivity index (χ4v) is 2.01. The molecule has 0 unspecified atom stereocenters. The van der Waals surface area contributed by atoms with Crippen molar-refractivity contribution in [1.82, 2.24) is 15.6 Å². The zero-order chi connectivity index (χ0) is 12.0. The zero-order valence-electron chi connectivity index (χ0n) is 10.0. The summed E-state index contributed by atoms with van der Waals surface area (Å²) in [5, 5.41) is 9.08. The second-order valence-corrected chi connectivity index (χ2v) is 4.85. The van der Waals surface area contributed by atoms with E-state index in [0.717, 1.165) is 17.1 Å². The maximum absolute atomic E-state index is 11.3. The van der Waals surface area contributed by atoms with Crippen LogP contribution in [-0.4, -0.2) is 23.5 Å². The fourth-order valence-electron chi connectivity index (χ4n) is 1.27. The van der Waals surface area contributed by atoms with Gasteiger partial charge in [-0.15, -0.1) is 11.3 Å². The topological polar surface area (TPSA) is 54.0 Å². The summed E-state index contributed by atoms with van der Waals surface area (Å²) in [6.45, 7) is 6.99. The molecule has 0 spiro atoms. The predicted molar refractivity (Wildman–Crippen MR) is 66.5 cm³/mol. The van der Waals surface area contributed by atoms with Gasteiger partial charge in [-0.2, -0.15) is 0 Å². The monoisotopic (exact) mass is 241 g/mol. The predicted octanol–water partition coefficient (Wildman–Crippen LogP) is 1.32. The molecule has 1 aromatic heterocycles. The van der Waals surface area contributed by atoms with Crippen LogP contribution in [0.2, 0.25) is 0 Å². The third-order valence-electron chi connectivity index (χ3n) is 1.94. The lowest BCUT2D eigenvalue weighted by molar-refractivity contribution is -0.120. The molecule has 0 saturated carbocycles. The summed E-state index contributed by atoms with van der Waals surface area (Å²) in [7, 11) is 0. The Morgan fingerprint density at radius 3 is 2.88 bits per heavy atom. The maximum Gasteiger partial charge on any atom is 0.234 e. The second-order valence-electron chi connectivity index (χ2n) is 3.91. The molecule has 0 bridgehead atoms. The summed E-state index contributed by atoms with van der Waals surface area (Å²) in [4.78, 5) is 15.7. The van der Waals surface area contributed by atoms with Gasteiger partial charge in [0.25, 0.3) is 0 Å². The third-order valence-corrected chi connectivity index (χ3v) is 2.99. The van der Waals surface area contributed by atoms with Gasteiger partial charge in [-0.3, -0.25) is 4.79 Å². The molecule has 0 aliphatic carbocycles. The number of aryl methyl sites for hydroxylation is 1. The first kappa shape index (κ1) is 13.1. The van der Waals surface area contributed by atoms with E-state index in [0.29, 0.717) is 13.1 Å². The maximum atomic E-state index is 11.3. The molecule has 16 heavy (non-hydrogen) atoms. The lowest BCUT2D eigenvalue weighted by Crippen LogP contribution is -2.37. The van der Waals surface area contributed by atoms with Crippen molar-refractivity contribution in [3.8, 4) is 0 Å². The molecule has 0 aliphatic heterocycles. The highest BCUT2D eigenvalue weighted by atomic mass is 32.1. The largest absolute Gasteiger partial charge is 0.353 e. The minimum Gasteiger partial charge on any atom is -0.353 e. The molecular weight excluding hydrogens is 222 g/mol. The third kappa shape index (κ3) is 4.72. The number of thiazole rings is 1. The van der Waals surface area contributed by atoms with Crippen molar-refractivity contribution in [2.45, 2.75) is 39.8 Å². The number of carbonyl (C=O) groups excluding carboxylic acids is 1. The van der Waals surface area contributed by atoms with Crippen molar-refractivity contribution in [3.63, 3.8) is 0 Å². The number of nitrogens with one attached hydrogen (secondary N) is 2. The van der Waals surface area contributed by atoms with Gasteiger partial charge in [-0.1, -0.05) is 6.92 Å². The van der Waals surface area contributed by atoms with E-state index in [4.69, 9.17) is 0 Å². The first-order valence-electron chi connectivity index (χ1n) is 5.55. The van der Waals surface area contributed by atoms with Gasteiger partial charge in [0, 0.05) is 18.0 Å². The Morgan fingerprint density at radius 1 is 1.56 bits per heavy atom. The van der Waals surface area contributed by atoms with Crippen LogP contribution in [0.4, 0.5) is 0 Å². The smallest absolute Gasteiger partial charge is 0.234 e. The van der Waals surface area contributed by atoms with Gasteiger partial charge in [0.15, 0.2) is 0 Å². The van der Waals surface area contributed by atoms with E-state index in [-0.39, 0.29) is 11.9 Å². The summed E-state index contributed by atoms with van der Waals surface area (Å²) < 4.78 is 0. The highest BCUT2D eigenvalue weighted by Crippen LogP contribution is 2.09. The molecule has 1 aromatic rings. The quantitative estimate of drug-likeness (QED) is 0.790. The van der Waals surface area contributed by atoms with E-state index in [1.54, 1.807) is 11.3 Å². The number of hydrogen-bond acceptors (Lipinski definition) is 4. The molecule has 1 rings (SSSR count). The molecule has 1 amide bonds. The van der Waals surface area contributed by atoms with Crippen molar-refractivity contribution < 1.29 is 4.79 Å². The Balaban J connectivity index is 2.22. The van der Waals surface area contributed by atoms with E-state index in [2.05, 4.69) is 22.5 Å². The minimum absolute atomic E-state index is 0.0287. The lowest BCUT2D eigenvalue weighted by Gasteiger charge is -2.08. The Bertz CT molecular complexity index is 336. The van der Waals surface area contributed by atoms with Crippen molar-refractivity contribution in [2.75, 3.05) is 6.54 Å². The van der Waals surface area contributed by atoms with Gasteiger partial charge in [0.2, 0.25) is 5.91 Å². The highest BCUT2D eigenvalue weighted by molar-refractivity contribution is 7.09. The molecule has 1 heterocycles. The van der Waals surface area contributed by atoms with Crippen molar-refractivity contribution in [1.29, 1.82) is 0 Å². The Hall–Kier alpha value is -0.940. The molecule has 4 nitrogen and oxygen atoms in total. The van der Waals surface area contributed by atoms with E-state index >= 15 is 0 Å². The molecule has 0 fully saturated rings.